The van der Waals surface area contributed by atoms with Gasteiger partial charge in [-0.2, -0.15) is 0 Å². The maximum atomic E-state index is 11.9. The summed E-state index contributed by atoms with van der Waals surface area (Å²) in [6.07, 6.45) is 10.7. The molecule has 23 heavy (non-hydrogen) atoms. The second-order valence-electron chi connectivity index (χ2n) is 6.78. The molecule has 1 aliphatic heterocycles. The first-order valence-corrected chi connectivity index (χ1v) is 11.4. The number of esters is 1. The average Bonchev–Trinajstić information content (AvgIpc) is 2.97. The molecular weight excluding hydrogens is 326 g/mol. The van der Waals surface area contributed by atoms with Crippen LogP contribution < -0.4 is 5.32 Å². The van der Waals surface area contributed by atoms with Crippen LogP contribution in [0.3, 0.4) is 0 Å². The fourth-order valence-corrected chi connectivity index (χ4v) is 6.42. The van der Waals surface area contributed by atoms with E-state index in [0.717, 1.165) is 17.4 Å². The van der Waals surface area contributed by atoms with Crippen LogP contribution >= 0.6 is 23.5 Å². The van der Waals surface area contributed by atoms with Crippen LogP contribution in [0.15, 0.2) is 0 Å². The van der Waals surface area contributed by atoms with E-state index in [1.54, 1.807) is 0 Å². The van der Waals surface area contributed by atoms with Crippen LogP contribution in [0, 0.1) is 5.92 Å². The van der Waals surface area contributed by atoms with Gasteiger partial charge in [0.1, 0.15) is 4.71 Å². The van der Waals surface area contributed by atoms with Gasteiger partial charge in [0, 0.05) is 17.0 Å². The number of nitrogens with one attached hydrogen (secondary N) is 1. The van der Waals surface area contributed by atoms with Crippen molar-refractivity contribution in [1.29, 1.82) is 0 Å². The number of thioether (sulfide) groups is 2. The van der Waals surface area contributed by atoms with Crippen molar-refractivity contribution in [1.82, 2.24) is 5.32 Å². The molecule has 2 rings (SSSR count). The lowest BCUT2D eigenvalue weighted by atomic mass is 9.95. The minimum atomic E-state index is -0.0205. The van der Waals surface area contributed by atoms with Gasteiger partial charge >= 0.3 is 5.97 Å². The molecule has 0 spiro atoms. The third-order valence-corrected chi connectivity index (χ3v) is 7.87. The van der Waals surface area contributed by atoms with Gasteiger partial charge in [0.2, 0.25) is 0 Å². The minimum absolute atomic E-state index is 0.0205. The Morgan fingerprint density at radius 3 is 2.91 bits per heavy atom. The molecule has 0 aromatic rings. The Labute approximate surface area is 150 Å². The number of carbonyl (C=O) groups is 1. The Hall–Kier alpha value is 0.130. The lowest BCUT2D eigenvalue weighted by Crippen LogP contribution is -2.34. The maximum absolute atomic E-state index is 11.9. The first kappa shape index (κ1) is 19.5. The van der Waals surface area contributed by atoms with Crippen LogP contribution in [-0.2, 0) is 9.53 Å². The van der Waals surface area contributed by atoms with Crippen molar-refractivity contribution in [2.45, 2.75) is 87.6 Å². The standard InChI is InChI=1S/C18H33NO2S2/c1-3-5-8-14(4-2)13-21-17(20)11-12-22-18-19-15-9-6-7-10-16(15)23-18/h14-16,18-19H,3-13H2,1-2H3. The zero-order valence-electron chi connectivity index (χ0n) is 14.7. The van der Waals surface area contributed by atoms with Crippen molar-refractivity contribution in [3.05, 3.63) is 0 Å². The number of rotatable bonds is 10. The number of unbranched alkanes of at least 4 members (excludes halogenated alkanes) is 1. The molecule has 0 aromatic heterocycles. The predicted molar refractivity (Wildman–Crippen MR) is 102 cm³/mol. The maximum Gasteiger partial charge on any atom is 0.306 e. The highest BCUT2D eigenvalue weighted by Gasteiger charge is 2.35. The number of ether oxygens (including phenoxy) is 1. The van der Waals surface area contributed by atoms with E-state index in [4.69, 9.17) is 4.74 Å². The van der Waals surface area contributed by atoms with E-state index in [2.05, 4.69) is 30.9 Å². The number of hydrogen-bond acceptors (Lipinski definition) is 5. The van der Waals surface area contributed by atoms with Gasteiger partial charge < -0.3 is 4.74 Å². The van der Waals surface area contributed by atoms with Crippen LogP contribution in [0.25, 0.3) is 0 Å². The zero-order valence-corrected chi connectivity index (χ0v) is 16.4. The van der Waals surface area contributed by atoms with Crippen molar-refractivity contribution >= 4 is 29.5 Å². The Morgan fingerprint density at radius 2 is 2.17 bits per heavy atom. The van der Waals surface area contributed by atoms with Gasteiger partial charge in [-0.25, -0.2) is 0 Å². The van der Waals surface area contributed by atoms with Gasteiger partial charge in [-0.3, -0.25) is 10.1 Å². The van der Waals surface area contributed by atoms with Crippen LogP contribution in [0.1, 0.15) is 71.6 Å². The Balaban J connectivity index is 1.54. The molecule has 0 radical (unpaired) electrons. The largest absolute Gasteiger partial charge is 0.465 e. The van der Waals surface area contributed by atoms with E-state index in [1.165, 1.54) is 44.9 Å². The van der Waals surface area contributed by atoms with Gasteiger partial charge in [0.15, 0.2) is 0 Å². The first-order valence-electron chi connectivity index (χ1n) is 9.41. The summed E-state index contributed by atoms with van der Waals surface area (Å²) in [6.45, 7) is 5.01. The molecule has 1 saturated heterocycles. The third kappa shape index (κ3) is 6.87. The van der Waals surface area contributed by atoms with E-state index in [1.807, 2.05) is 11.8 Å². The minimum Gasteiger partial charge on any atom is -0.465 e. The van der Waals surface area contributed by atoms with Gasteiger partial charge in [0.25, 0.3) is 0 Å². The summed E-state index contributed by atoms with van der Waals surface area (Å²) in [5, 5.41) is 4.53. The molecule has 0 aromatic carbocycles. The Morgan fingerprint density at radius 1 is 1.35 bits per heavy atom. The SMILES string of the molecule is CCCCC(CC)COC(=O)CCSC1NC2CCCCC2S1. The monoisotopic (exact) mass is 359 g/mol. The molecule has 2 fully saturated rings. The van der Waals surface area contributed by atoms with E-state index in [-0.39, 0.29) is 5.97 Å². The van der Waals surface area contributed by atoms with Crippen LogP contribution in [0.5, 0.6) is 0 Å². The molecule has 134 valence electrons. The van der Waals surface area contributed by atoms with Crippen molar-refractivity contribution in [3.8, 4) is 0 Å². The molecule has 1 saturated carbocycles. The second-order valence-corrected chi connectivity index (χ2v) is 9.64. The molecule has 1 N–H and O–H groups in total. The molecule has 5 heteroatoms. The molecule has 2 aliphatic rings. The molecule has 0 bridgehead atoms. The molecule has 3 nitrogen and oxygen atoms in total. The molecular formula is C18H33NO2S2. The Bertz CT molecular complexity index is 340. The summed E-state index contributed by atoms with van der Waals surface area (Å²) in [4.78, 5) is 11.9. The fraction of sp³-hybridized carbons (Fsp3) is 0.944. The Kier molecular flexibility index (Phi) is 9.21. The first-order chi connectivity index (χ1) is 11.2. The van der Waals surface area contributed by atoms with E-state index >= 15 is 0 Å². The van der Waals surface area contributed by atoms with Crippen LogP contribution in [0.2, 0.25) is 0 Å². The zero-order chi connectivity index (χ0) is 16.5. The number of carbonyl (C=O) groups excluding carboxylic acids is 1. The van der Waals surface area contributed by atoms with Crippen molar-refractivity contribution in [2.24, 2.45) is 5.92 Å². The normalized spacial score (nSPS) is 28.3. The van der Waals surface area contributed by atoms with E-state index in [0.29, 0.717) is 29.7 Å². The van der Waals surface area contributed by atoms with Crippen LogP contribution in [-0.4, -0.2) is 34.3 Å². The van der Waals surface area contributed by atoms with Gasteiger partial charge in [-0.05, 0) is 25.2 Å². The third-order valence-electron chi connectivity index (χ3n) is 4.95. The van der Waals surface area contributed by atoms with Crippen molar-refractivity contribution in [2.75, 3.05) is 12.4 Å². The topological polar surface area (TPSA) is 38.3 Å². The molecule has 1 heterocycles. The van der Waals surface area contributed by atoms with Crippen LogP contribution in [0.4, 0.5) is 0 Å². The van der Waals surface area contributed by atoms with Crippen molar-refractivity contribution < 1.29 is 9.53 Å². The summed E-state index contributed by atoms with van der Waals surface area (Å²) in [5.41, 5.74) is 0. The molecule has 0 amide bonds. The summed E-state index contributed by atoms with van der Waals surface area (Å²) in [5.74, 6) is 1.39. The predicted octanol–water partition coefficient (Wildman–Crippen LogP) is 4.80. The average molecular weight is 360 g/mol. The highest BCUT2D eigenvalue weighted by Crippen LogP contribution is 2.40. The smallest absolute Gasteiger partial charge is 0.306 e. The summed E-state index contributed by atoms with van der Waals surface area (Å²) in [6, 6.07) is 0.710. The molecule has 4 atom stereocenters. The van der Waals surface area contributed by atoms with Crippen molar-refractivity contribution in [3.63, 3.8) is 0 Å². The molecule has 4 unspecified atom stereocenters. The highest BCUT2D eigenvalue weighted by atomic mass is 32.2. The number of fused-ring (bicyclic) bond motifs is 1. The lowest BCUT2D eigenvalue weighted by Gasteiger charge is -2.23. The quantitative estimate of drug-likeness (QED) is 0.567. The second kappa shape index (κ2) is 10.9. The van der Waals surface area contributed by atoms with E-state index < -0.39 is 0 Å². The fourth-order valence-electron chi connectivity index (χ4n) is 3.34. The lowest BCUT2D eigenvalue weighted by molar-refractivity contribution is -0.144. The van der Waals surface area contributed by atoms with Gasteiger partial charge in [0.05, 0.1) is 13.0 Å². The van der Waals surface area contributed by atoms with E-state index in [9.17, 15) is 4.79 Å². The summed E-state index contributed by atoms with van der Waals surface area (Å²) in [7, 11) is 0. The van der Waals surface area contributed by atoms with Gasteiger partial charge in [-0.15, -0.1) is 23.5 Å². The van der Waals surface area contributed by atoms with Gasteiger partial charge in [-0.1, -0.05) is 46.0 Å². The highest BCUT2D eigenvalue weighted by molar-refractivity contribution is 8.17. The summed E-state index contributed by atoms with van der Waals surface area (Å²) < 4.78 is 5.95. The summed E-state index contributed by atoms with van der Waals surface area (Å²) >= 11 is 3.96. The number of hydrogen-bond donors (Lipinski definition) is 1. The molecule has 1 aliphatic carbocycles.